The van der Waals surface area contributed by atoms with Crippen LogP contribution in [0.1, 0.15) is 27.2 Å². The molecule has 1 aromatic heterocycles. The van der Waals surface area contributed by atoms with E-state index < -0.39 is 0 Å². The Morgan fingerprint density at radius 2 is 1.89 bits per heavy atom. The second-order valence-electron chi connectivity index (χ2n) is 6.71. The lowest BCUT2D eigenvalue weighted by atomic mass is 10.00. The van der Waals surface area contributed by atoms with Gasteiger partial charge in [0.2, 0.25) is 5.95 Å². The molecule has 0 bridgehead atoms. The van der Waals surface area contributed by atoms with Crippen molar-refractivity contribution in [3.63, 3.8) is 0 Å². The molecule has 142 valence electrons. The molecule has 0 saturated carbocycles. The van der Waals surface area contributed by atoms with Gasteiger partial charge in [-0.2, -0.15) is 0 Å². The molecule has 1 aliphatic heterocycles. The van der Waals surface area contributed by atoms with E-state index in [0.717, 1.165) is 17.7 Å². The van der Waals surface area contributed by atoms with Crippen LogP contribution in [-0.4, -0.2) is 34.4 Å². The second-order valence-corrected chi connectivity index (χ2v) is 6.71. The summed E-state index contributed by atoms with van der Waals surface area (Å²) in [4.78, 5) is 23.4. The lowest BCUT2D eigenvalue weighted by molar-refractivity contribution is 0.0728. The number of hydrogen-bond donors (Lipinski definition) is 1. The number of nitrogens with zero attached hydrogens (tertiary/aromatic N) is 3. The third-order valence-corrected chi connectivity index (χ3v) is 4.90. The second kappa shape index (κ2) is 8.08. The van der Waals surface area contributed by atoms with Gasteiger partial charge in [-0.3, -0.25) is 4.79 Å². The first-order chi connectivity index (χ1) is 13.7. The molecule has 2 heterocycles. The highest BCUT2D eigenvalue weighted by molar-refractivity contribution is 5.92. The van der Waals surface area contributed by atoms with Crippen molar-refractivity contribution >= 4 is 11.9 Å². The number of anilines is 1. The van der Waals surface area contributed by atoms with Gasteiger partial charge in [-0.25, -0.2) is 9.97 Å². The van der Waals surface area contributed by atoms with Gasteiger partial charge >= 0.3 is 0 Å². The summed E-state index contributed by atoms with van der Waals surface area (Å²) < 4.78 is 5.17. The van der Waals surface area contributed by atoms with Gasteiger partial charge in [0.1, 0.15) is 11.4 Å². The highest BCUT2D eigenvalue weighted by Crippen LogP contribution is 2.20. The molecular weight excluding hydrogens is 352 g/mol. The molecule has 1 N–H and O–H groups in total. The lowest BCUT2D eigenvalue weighted by Crippen LogP contribution is -2.36. The number of carbonyl (C=O) groups is 1. The van der Waals surface area contributed by atoms with Crippen LogP contribution in [-0.2, 0) is 19.5 Å². The van der Waals surface area contributed by atoms with E-state index in [1.165, 1.54) is 11.1 Å². The van der Waals surface area contributed by atoms with Crippen molar-refractivity contribution < 1.29 is 9.53 Å². The minimum absolute atomic E-state index is 0.0654. The van der Waals surface area contributed by atoms with Gasteiger partial charge in [-0.05, 0) is 41.3 Å². The van der Waals surface area contributed by atoms with Crippen LogP contribution in [0.4, 0.5) is 5.95 Å². The predicted octanol–water partition coefficient (Wildman–Crippen LogP) is 3.30. The first kappa shape index (κ1) is 18.0. The number of hydrogen-bond acceptors (Lipinski definition) is 5. The third kappa shape index (κ3) is 3.96. The van der Waals surface area contributed by atoms with Crippen LogP contribution in [0.25, 0.3) is 0 Å². The van der Waals surface area contributed by atoms with Crippen molar-refractivity contribution in [2.75, 3.05) is 19.0 Å². The van der Waals surface area contributed by atoms with Crippen LogP contribution >= 0.6 is 0 Å². The van der Waals surface area contributed by atoms with E-state index in [4.69, 9.17) is 4.74 Å². The van der Waals surface area contributed by atoms with Crippen LogP contribution < -0.4 is 10.1 Å². The maximum absolute atomic E-state index is 12.9. The van der Waals surface area contributed by atoms with E-state index in [1.54, 1.807) is 19.4 Å². The van der Waals surface area contributed by atoms with Crippen molar-refractivity contribution in [1.82, 2.24) is 14.9 Å². The molecule has 4 rings (SSSR count). The zero-order valence-corrected chi connectivity index (χ0v) is 15.8. The smallest absolute Gasteiger partial charge is 0.272 e. The highest BCUT2D eigenvalue weighted by Gasteiger charge is 2.22. The lowest BCUT2D eigenvalue weighted by Gasteiger charge is -2.28. The zero-order chi connectivity index (χ0) is 19.3. The number of aromatic nitrogens is 2. The molecule has 3 aromatic rings. The topological polar surface area (TPSA) is 67.3 Å². The number of nitrogens with one attached hydrogen (secondary N) is 1. The van der Waals surface area contributed by atoms with Gasteiger partial charge in [0.25, 0.3) is 5.91 Å². The molecule has 0 saturated heterocycles. The zero-order valence-electron chi connectivity index (χ0n) is 15.8. The standard InChI is InChI=1S/C22H22N4O2/c1-28-19-8-6-16(7-9-19)14-24-22-23-12-10-20(25-22)21(27)26-13-11-17-4-2-3-5-18(17)15-26/h2-10,12H,11,13-15H2,1H3,(H,23,24,25). The minimum Gasteiger partial charge on any atom is -0.497 e. The number of carbonyl (C=O) groups excluding carboxylic acids is 1. The molecule has 2 aromatic carbocycles. The Bertz CT molecular complexity index is 972. The summed E-state index contributed by atoms with van der Waals surface area (Å²) in [5.41, 5.74) is 4.01. The van der Waals surface area contributed by atoms with Crippen molar-refractivity contribution in [2.24, 2.45) is 0 Å². The molecule has 0 fully saturated rings. The average molecular weight is 374 g/mol. The van der Waals surface area contributed by atoms with Crippen LogP contribution in [0.5, 0.6) is 5.75 Å². The van der Waals surface area contributed by atoms with Gasteiger partial charge in [0.05, 0.1) is 7.11 Å². The Morgan fingerprint density at radius 1 is 1.11 bits per heavy atom. The Hall–Kier alpha value is -3.41. The predicted molar refractivity (Wildman–Crippen MR) is 107 cm³/mol. The quantitative estimate of drug-likeness (QED) is 0.742. The monoisotopic (exact) mass is 374 g/mol. The van der Waals surface area contributed by atoms with E-state index in [1.807, 2.05) is 41.3 Å². The summed E-state index contributed by atoms with van der Waals surface area (Å²) in [6.45, 7) is 1.89. The molecule has 0 unspecified atom stereocenters. The Balaban J connectivity index is 1.42. The fraction of sp³-hybridized carbons (Fsp3) is 0.227. The van der Waals surface area contributed by atoms with Gasteiger partial charge < -0.3 is 15.0 Å². The molecule has 1 amide bonds. The number of amides is 1. The number of ether oxygens (including phenoxy) is 1. The first-order valence-electron chi connectivity index (χ1n) is 9.29. The molecular formula is C22H22N4O2. The SMILES string of the molecule is COc1ccc(CNc2nccc(C(=O)N3CCc4ccccc4C3)n2)cc1. The third-order valence-electron chi connectivity index (χ3n) is 4.90. The van der Waals surface area contributed by atoms with Crippen LogP contribution in [0.3, 0.4) is 0 Å². The van der Waals surface area contributed by atoms with Gasteiger partial charge in [-0.1, -0.05) is 36.4 Å². The van der Waals surface area contributed by atoms with E-state index in [9.17, 15) is 4.79 Å². The Labute approximate surface area is 164 Å². The Kier molecular flexibility index (Phi) is 5.19. The summed E-state index contributed by atoms with van der Waals surface area (Å²) in [6, 6.07) is 17.7. The normalized spacial score (nSPS) is 13.0. The molecule has 28 heavy (non-hydrogen) atoms. The minimum atomic E-state index is -0.0654. The number of benzene rings is 2. The maximum Gasteiger partial charge on any atom is 0.272 e. The molecule has 1 aliphatic rings. The van der Waals surface area contributed by atoms with E-state index >= 15 is 0 Å². The first-order valence-corrected chi connectivity index (χ1v) is 9.29. The van der Waals surface area contributed by atoms with Crippen molar-refractivity contribution in [2.45, 2.75) is 19.5 Å². The average Bonchev–Trinajstić information content (AvgIpc) is 2.77. The summed E-state index contributed by atoms with van der Waals surface area (Å²) in [6.07, 6.45) is 2.49. The van der Waals surface area contributed by atoms with E-state index in [0.29, 0.717) is 31.3 Å². The fourth-order valence-electron chi connectivity index (χ4n) is 3.32. The number of rotatable bonds is 5. The van der Waals surface area contributed by atoms with Gasteiger partial charge in [0.15, 0.2) is 0 Å². The van der Waals surface area contributed by atoms with Crippen LogP contribution in [0, 0.1) is 0 Å². The van der Waals surface area contributed by atoms with Crippen molar-refractivity contribution in [1.29, 1.82) is 0 Å². The van der Waals surface area contributed by atoms with Gasteiger partial charge in [-0.15, -0.1) is 0 Å². The fourth-order valence-corrected chi connectivity index (χ4v) is 3.32. The van der Waals surface area contributed by atoms with Crippen molar-refractivity contribution in [3.8, 4) is 5.75 Å². The molecule has 0 atom stereocenters. The number of methoxy groups -OCH3 is 1. The maximum atomic E-state index is 12.9. The number of fused-ring (bicyclic) bond motifs is 1. The highest BCUT2D eigenvalue weighted by atomic mass is 16.5. The molecule has 0 spiro atoms. The summed E-state index contributed by atoms with van der Waals surface area (Å²) in [5, 5.41) is 3.18. The van der Waals surface area contributed by atoms with E-state index in [2.05, 4.69) is 27.4 Å². The van der Waals surface area contributed by atoms with Crippen LogP contribution in [0.15, 0.2) is 60.8 Å². The van der Waals surface area contributed by atoms with Crippen molar-refractivity contribution in [3.05, 3.63) is 83.2 Å². The largest absolute Gasteiger partial charge is 0.497 e. The van der Waals surface area contributed by atoms with Gasteiger partial charge in [0, 0.05) is 25.8 Å². The summed E-state index contributed by atoms with van der Waals surface area (Å²) in [7, 11) is 1.64. The summed E-state index contributed by atoms with van der Waals surface area (Å²) >= 11 is 0. The Morgan fingerprint density at radius 3 is 2.68 bits per heavy atom. The molecule has 0 aliphatic carbocycles. The molecule has 6 nitrogen and oxygen atoms in total. The molecule has 0 radical (unpaired) electrons. The molecule has 6 heteroatoms. The van der Waals surface area contributed by atoms with Crippen LogP contribution in [0.2, 0.25) is 0 Å². The van der Waals surface area contributed by atoms with E-state index in [-0.39, 0.29) is 5.91 Å². The summed E-state index contributed by atoms with van der Waals surface area (Å²) in [5.74, 6) is 1.19.